The maximum Gasteiger partial charge on any atom is 0.0448 e. The summed E-state index contributed by atoms with van der Waals surface area (Å²) >= 11 is 3.86. The summed E-state index contributed by atoms with van der Waals surface area (Å²) in [6.07, 6.45) is 0. The quantitative estimate of drug-likeness (QED) is 0.160. The molecule has 10 aromatic carbocycles. The largest absolute Gasteiger partial charge is 0.134 e. The SMILES string of the molecule is c1ccc(-c2ccc3cc(-c4c5ccccc5c(-c5ccc6sc7c(ccc8ccc9c%10ccccc%10sc9c87)c6c5)c5ccccc45)ccc3c2)cc1. The van der Waals surface area contributed by atoms with Gasteiger partial charge in [0.25, 0.3) is 0 Å². The van der Waals surface area contributed by atoms with Crippen molar-refractivity contribution in [2.45, 2.75) is 0 Å². The van der Waals surface area contributed by atoms with Gasteiger partial charge in [-0.3, -0.25) is 0 Å². The van der Waals surface area contributed by atoms with Gasteiger partial charge in [-0.25, -0.2) is 0 Å². The molecule has 0 fully saturated rings. The van der Waals surface area contributed by atoms with Gasteiger partial charge in [-0.15, -0.1) is 22.7 Å². The Bertz CT molecular complexity index is 3430. The molecule has 0 aliphatic heterocycles. The smallest absolute Gasteiger partial charge is 0.0448 e. The molecule has 0 aliphatic rings. The number of hydrogen-bond donors (Lipinski definition) is 0. The van der Waals surface area contributed by atoms with Crippen molar-refractivity contribution in [1.29, 1.82) is 0 Å². The third-order valence-electron chi connectivity index (χ3n) is 11.4. The van der Waals surface area contributed by atoms with E-state index in [4.69, 9.17) is 0 Å². The van der Waals surface area contributed by atoms with Crippen molar-refractivity contribution in [3.05, 3.63) is 182 Å². The summed E-state index contributed by atoms with van der Waals surface area (Å²) in [5.41, 5.74) is 7.58. The van der Waals surface area contributed by atoms with Crippen LogP contribution in [0.4, 0.5) is 0 Å². The normalized spacial score (nSPS) is 12.1. The molecule has 0 unspecified atom stereocenters. The van der Waals surface area contributed by atoms with Gasteiger partial charge in [0.2, 0.25) is 0 Å². The van der Waals surface area contributed by atoms with Gasteiger partial charge < -0.3 is 0 Å². The molecule has 12 rings (SSSR count). The van der Waals surface area contributed by atoms with Gasteiger partial charge in [-0.05, 0) is 101 Å². The molecule has 0 nitrogen and oxygen atoms in total. The summed E-state index contributed by atoms with van der Waals surface area (Å²) in [6.45, 7) is 0. The van der Waals surface area contributed by atoms with Crippen LogP contribution in [0.5, 0.6) is 0 Å². The minimum Gasteiger partial charge on any atom is -0.134 e. The summed E-state index contributed by atoms with van der Waals surface area (Å²) in [6, 6.07) is 67.8. The molecule has 12 aromatic rings. The van der Waals surface area contributed by atoms with Crippen LogP contribution in [0.2, 0.25) is 0 Å². The standard InChI is InChI=1S/C52H30S2/c1-2-10-31(11-3-1)33-18-19-35-29-36(21-20-34(35)28-33)48-39-13-4-6-15-41(39)49(42-16-7-5-14-40(42)48)37-24-27-47-45(30-37)44-26-23-32-22-25-43-38-12-8-9-17-46(38)53-51(43)50(32)52(44)54-47/h1-30H. The van der Waals surface area contributed by atoms with Gasteiger partial charge in [-0.2, -0.15) is 0 Å². The van der Waals surface area contributed by atoms with Crippen LogP contribution in [0.15, 0.2) is 182 Å². The molecule has 0 aliphatic carbocycles. The fraction of sp³-hybridized carbons (Fsp3) is 0. The van der Waals surface area contributed by atoms with E-state index in [2.05, 4.69) is 182 Å². The highest BCUT2D eigenvalue weighted by atomic mass is 32.1. The van der Waals surface area contributed by atoms with E-state index in [1.54, 1.807) is 0 Å². The molecular formula is C52H30S2. The molecule has 2 heterocycles. The van der Waals surface area contributed by atoms with Crippen LogP contribution < -0.4 is 0 Å². The van der Waals surface area contributed by atoms with Gasteiger partial charge >= 0.3 is 0 Å². The van der Waals surface area contributed by atoms with E-state index < -0.39 is 0 Å². The first kappa shape index (κ1) is 30.2. The molecule has 0 spiro atoms. The highest BCUT2D eigenvalue weighted by Gasteiger charge is 2.19. The van der Waals surface area contributed by atoms with Gasteiger partial charge in [0, 0.05) is 45.7 Å². The Kier molecular flexibility index (Phi) is 6.48. The Morgan fingerprint density at radius 1 is 0.259 bits per heavy atom. The summed E-state index contributed by atoms with van der Waals surface area (Å²) in [4.78, 5) is 0. The number of thiophene rings is 2. The van der Waals surface area contributed by atoms with Crippen molar-refractivity contribution in [2.24, 2.45) is 0 Å². The van der Waals surface area contributed by atoms with Crippen molar-refractivity contribution >= 4 is 106 Å². The summed E-state index contributed by atoms with van der Waals surface area (Å²) in [7, 11) is 0. The van der Waals surface area contributed by atoms with E-state index in [1.807, 2.05) is 22.7 Å². The van der Waals surface area contributed by atoms with Crippen molar-refractivity contribution in [1.82, 2.24) is 0 Å². The van der Waals surface area contributed by atoms with Gasteiger partial charge in [-0.1, -0.05) is 152 Å². The minimum absolute atomic E-state index is 1.24. The summed E-state index contributed by atoms with van der Waals surface area (Å²) in [5, 5.41) is 15.7. The molecule has 0 amide bonds. The highest BCUT2D eigenvalue weighted by Crippen LogP contribution is 2.48. The molecule has 0 radical (unpaired) electrons. The van der Waals surface area contributed by atoms with Crippen LogP contribution in [-0.2, 0) is 0 Å². The van der Waals surface area contributed by atoms with Gasteiger partial charge in [0.1, 0.15) is 0 Å². The summed E-state index contributed by atoms with van der Waals surface area (Å²) < 4.78 is 5.46. The van der Waals surface area contributed by atoms with E-state index in [-0.39, 0.29) is 0 Å². The predicted molar refractivity (Wildman–Crippen MR) is 239 cm³/mol. The van der Waals surface area contributed by atoms with Gasteiger partial charge in [0.15, 0.2) is 0 Å². The third-order valence-corrected chi connectivity index (χ3v) is 13.8. The maximum absolute atomic E-state index is 2.46. The number of fused-ring (bicyclic) bond motifs is 12. The van der Waals surface area contributed by atoms with Crippen LogP contribution in [0.25, 0.3) is 117 Å². The van der Waals surface area contributed by atoms with E-state index in [1.165, 1.54) is 117 Å². The van der Waals surface area contributed by atoms with Crippen LogP contribution >= 0.6 is 22.7 Å². The molecule has 250 valence electrons. The van der Waals surface area contributed by atoms with Crippen LogP contribution in [0, 0.1) is 0 Å². The Balaban J connectivity index is 1.07. The minimum atomic E-state index is 1.24. The first-order valence-electron chi connectivity index (χ1n) is 18.5. The zero-order valence-electron chi connectivity index (χ0n) is 29.1. The van der Waals surface area contributed by atoms with Crippen molar-refractivity contribution in [3.63, 3.8) is 0 Å². The fourth-order valence-corrected chi connectivity index (χ4v) is 11.5. The average Bonchev–Trinajstić information content (AvgIpc) is 3.81. The van der Waals surface area contributed by atoms with E-state index in [9.17, 15) is 0 Å². The lowest BCUT2D eigenvalue weighted by Gasteiger charge is -2.18. The first-order valence-corrected chi connectivity index (χ1v) is 20.1. The number of rotatable bonds is 3. The van der Waals surface area contributed by atoms with Crippen molar-refractivity contribution in [2.75, 3.05) is 0 Å². The van der Waals surface area contributed by atoms with Crippen molar-refractivity contribution < 1.29 is 0 Å². The molecule has 0 saturated carbocycles. The second-order valence-electron chi connectivity index (χ2n) is 14.4. The second-order valence-corrected chi connectivity index (χ2v) is 16.5. The maximum atomic E-state index is 2.46. The monoisotopic (exact) mass is 718 g/mol. The van der Waals surface area contributed by atoms with E-state index >= 15 is 0 Å². The van der Waals surface area contributed by atoms with E-state index in [0.717, 1.165) is 0 Å². The zero-order chi connectivity index (χ0) is 35.3. The summed E-state index contributed by atoms with van der Waals surface area (Å²) in [5.74, 6) is 0. The lowest BCUT2D eigenvalue weighted by Crippen LogP contribution is -1.91. The van der Waals surface area contributed by atoms with Gasteiger partial charge in [0.05, 0.1) is 0 Å². The topological polar surface area (TPSA) is 0 Å². The first-order chi connectivity index (χ1) is 26.8. The number of hydrogen-bond acceptors (Lipinski definition) is 2. The molecule has 2 heteroatoms. The fourth-order valence-electron chi connectivity index (χ4n) is 8.94. The number of benzene rings is 10. The Labute approximate surface area is 319 Å². The Hall–Kier alpha value is -6.32. The average molecular weight is 719 g/mol. The molecule has 0 atom stereocenters. The highest BCUT2D eigenvalue weighted by molar-refractivity contribution is 7.29. The third kappa shape index (κ3) is 4.42. The van der Waals surface area contributed by atoms with Crippen LogP contribution in [0.1, 0.15) is 0 Å². The zero-order valence-corrected chi connectivity index (χ0v) is 30.8. The molecule has 0 N–H and O–H groups in total. The lowest BCUT2D eigenvalue weighted by atomic mass is 9.85. The predicted octanol–water partition coefficient (Wildman–Crippen LogP) is 16.0. The van der Waals surface area contributed by atoms with E-state index in [0.29, 0.717) is 0 Å². The second kappa shape index (κ2) is 11.6. The van der Waals surface area contributed by atoms with Crippen LogP contribution in [-0.4, -0.2) is 0 Å². The molecule has 54 heavy (non-hydrogen) atoms. The lowest BCUT2D eigenvalue weighted by molar-refractivity contribution is 1.64. The molecule has 2 aromatic heterocycles. The Morgan fingerprint density at radius 2 is 0.722 bits per heavy atom. The van der Waals surface area contributed by atoms with Crippen LogP contribution in [0.3, 0.4) is 0 Å². The molecule has 0 bridgehead atoms. The molecule has 0 saturated heterocycles. The Morgan fingerprint density at radius 3 is 1.37 bits per heavy atom. The molecular weight excluding hydrogens is 689 g/mol. The van der Waals surface area contributed by atoms with Crippen molar-refractivity contribution in [3.8, 4) is 33.4 Å².